The predicted octanol–water partition coefficient (Wildman–Crippen LogP) is 1.98. The molecule has 158 valence electrons. The van der Waals surface area contributed by atoms with Gasteiger partial charge in [-0.15, -0.1) is 20.4 Å². The molecule has 1 aromatic heterocycles. The summed E-state index contributed by atoms with van der Waals surface area (Å²) in [7, 11) is -7.08. The summed E-state index contributed by atoms with van der Waals surface area (Å²) in [5.74, 6) is 0.611. The number of sulfone groups is 1. The smallest absolute Gasteiger partial charge is 0.266 e. The summed E-state index contributed by atoms with van der Waals surface area (Å²) in [4.78, 5) is 0.309. The number of benzene rings is 2. The first kappa shape index (κ1) is 21.9. The summed E-state index contributed by atoms with van der Waals surface area (Å²) in [5, 5.41) is 15.9. The molecule has 0 aliphatic heterocycles. The van der Waals surface area contributed by atoms with Gasteiger partial charge in [0.2, 0.25) is 5.82 Å². The predicted molar refractivity (Wildman–Crippen MR) is 109 cm³/mol. The Bertz CT molecular complexity index is 1210. The van der Waals surface area contributed by atoms with Crippen LogP contribution >= 0.6 is 0 Å². The fourth-order valence-corrected chi connectivity index (χ4v) is 4.06. The second-order valence-corrected chi connectivity index (χ2v) is 10.3. The van der Waals surface area contributed by atoms with Gasteiger partial charge < -0.3 is 0 Å². The Hall–Kier alpha value is -2.76. The Morgan fingerprint density at radius 3 is 1.93 bits per heavy atom. The SMILES string of the molecule is Cc1ccc(S(=O)(=O)OCCCc2nnc(-c3ccc(S(C)(=O)=O)cc3)nn2)cc1. The lowest BCUT2D eigenvalue weighted by Crippen LogP contribution is -2.09. The van der Waals surface area contributed by atoms with E-state index in [4.69, 9.17) is 4.18 Å². The summed E-state index contributed by atoms with van der Waals surface area (Å²) in [6.45, 7) is 1.85. The van der Waals surface area contributed by atoms with Gasteiger partial charge in [0, 0.05) is 18.2 Å². The number of nitrogens with zero attached hydrogens (tertiary/aromatic N) is 4. The first-order valence-corrected chi connectivity index (χ1v) is 12.3. The summed E-state index contributed by atoms with van der Waals surface area (Å²) < 4.78 is 52.3. The van der Waals surface area contributed by atoms with Crippen molar-refractivity contribution in [2.45, 2.75) is 29.6 Å². The molecule has 0 N–H and O–H groups in total. The minimum Gasteiger partial charge on any atom is -0.266 e. The number of hydrogen-bond donors (Lipinski definition) is 0. The van der Waals surface area contributed by atoms with Gasteiger partial charge >= 0.3 is 0 Å². The molecule has 1 heterocycles. The molecule has 11 heteroatoms. The molecule has 0 saturated carbocycles. The van der Waals surface area contributed by atoms with Crippen LogP contribution in [0.2, 0.25) is 0 Å². The molecule has 0 spiro atoms. The first-order chi connectivity index (χ1) is 14.1. The second-order valence-electron chi connectivity index (χ2n) is 6.63. The molecule has 30 heavy (non-hydrogen) atoms. The Balaban J connectivity index is 1.54. The molecule has 0 fully saturated rings. The average Bonchev–Trinajstić information content (AvgIpc) is 2.71. The maximum absolute atomic E-state index is 12.1. The molecule has 0 saturated heterocycles. The van der Waals surface area contributed by atoms with E-state index in [1.807, 2.05) is 6.92 Å². The number of aromatic nitrogens is 4. The van der Waals surface area contributed by atoms with Gasteiger partial charge in [-0.05, 0) is 49.7 Å². The van der Waals surface area contributed by atoms with Crippen LogP contribution < -0.4 is 0 Å². The van der Waals surface area contributed by atoms with Crippen molar-refractivity contribution in [2.75, 3.05) is 12.9 Å². The van der Waals surface area contributed by atoms with Crippen molar-refractivity contribution < 1.29 is 21.0 Å². The van der Waals surface area contributed by atoms with Gasteiger partial charge in [0.25, 0.3) is 10.1 Å². The zero-order valence-electron chi connectivity index (χ0n) is 16.4. The van der Waals surface area contributed by atoms with Gasteiger partial charge in [0.15, 0.2) is 15.7 Å². The Morgan fingerprint density at radius 1 is 0.800 bits per heavy atom. The minimum absolute atomic E-state index is 0.0196. The van der Waals surface area contributed by atoms with E-state index in [0.29, 0.717) is 24.2 Å². The summed E-state index contributed by atoms with van der Waals surface area (Å²) in [6, 6.07) is 12.5. The normalized spacial score (nSPS) is 12.1. The molecule has 0 aliphatic rings. The zero-order chi connectivity index (χ0) is 21.8. The highest BCUT2D eigenvalue weighted by Gasteiger charge is 2.15. The highest BCUT2D eigenvalue weighted by molar-refractivity contribution is 7.90. The molecule has 0 unspecified atom stereocenters. The van der Waals surface area contributed by atoms with Crippen LogP contribution in [0.1, 0.15) is 17.8 Å². The standard InChI is InChI=1S/C19H20N4O5S2/c1-14-5-9-17(10-6-14)30(26,27)28-13-3-4-18-20-22-19(23-21-18)15-7-11-16(12-8-15)29(2,24)25/h5-12H,3-4,13H2,1-2H3. The third kappa shape index (κ3) is 5.65. The van der Waals surface area contributed by atoms with E-state index in [-0.39, 0.29) is 22.2 Å². The first-order valence-electron chi connectivity index (χ1n) is 8.98. The van der Waals surface area contributed by atoms with E-state index in [0.717, 1.165) is 11.8 Å². The van der Waals surface area contributed by atoms with Gasteiger partial charge in [0.05, 0.1) is 16.4 Å². The van der Waals surface area contributed by atoms with Gasteiger partial charge in [-0.1, -0.05) is 17.7 Å². The molecule has 0 aliphatic carbocycles. The third-order valence-electron chi connectivity index (χ3n) is 4.15. The van der Waals surface area contributed by atoms with Crippen LogP contribution in [0.5, 0.6) is 0 Å². The number of rotatable bonds is 8. The minimum atomic E-state index is -3.80. The van der Waals surface area contributed by atoms with Crippen LogP contribution in [0.15, 0.2) is 58.3 Å². The molecular weight excluding hydrogens is 428 g/mol. The van der Waals surface area contributed by atoms with Crippen molar-refractivity contribution in [3.05, 3.63) is 59.9 Å². The van der Waals surface area contributed by atoms with E-state index in [2.05, 4.69) is 20.4 Å². The summed E-state index contributed by atoms with van der Waals surface area (Å²) in [6.07, 6.45) is 1.85. The van der Waals surface area contributed by atoms with E-state index >= 15 is 0 Å². The zero-order valence-corrected chi connectivity index (χ0v) is 18.0. The second kappa shape index (κ2) is 8.94. The number of aryl methyl sites for hydroxylation is 2. The maximum atomic E-state index is 12.1. The van der Waals surface area contributed by atoms with Crippen LogP contribution in [0.3, 0.4) is 0 Å². The molecule has 9 nitrogen and oxygen atoms in total. The summed E-state index contributed by atoms with van der Waals surface area (Å²) >= 11 is 0. The fraction of sp³-hybridized carbons (Fsp3) is 0.263. The summed E-state index contributed by atoms with van der Waals surface area (Å²) in [5.41, 5.74) is 1.54. The van der Waals surface area contributed by atoms with Crippen LogP contribution in [0.4, 0.5) is 0 Å². The van der Waals surface area contributed by atoms with Crippen LogP contribution in [0, 0.1) is 6.92 Å². The molecule has 0 amide bonds. The maximum Gasteiger partial charge on any atom is 0.296 e. The molecule has 2 aromatic carbocycles. The van der Waals surface area contributed by atoms with E-state index in [9.17, 15) is 16.8 Å². The van der Waals surface area contributed by atoms with Crippen molar-refractivity contribution in [3.63, 3.8) is 0 Å². The van der Waals surface area contributed by atoms with Crippen molar-refractivity contribution in [2.24, 2.45) is 0 Å². The van der Waals surface area contributed by atoms with E-state index < -0.39 is 20.0 Å². The number of hydrogen-bond acceptors (Lipinski definition) is 9. The molecular formula is C19H20N4O5S2. The topological polar surface area (TPSA) is 129 Å². The van der Waals surface area contributed by atoms with E-state index in [1.165, 1.54) is 24.3 Å². The van der Waals surface area contributed by atoms with Gasteiger partial charge in [-0.25, -0.2) is 8.42 Å². The largest absolute Gasteiger partial charge is 0.296 e. The lowest BCUT2D eigenvalue weighted by Gasteiger charge is -2.06. The Morgan fingerprint density at radius 2 is 1.37 bits per heavy atom. The van der Waals surface area contributed by atoms with Crippen LogP contribution in [-0.2, 0) is 30.6 Å². The van der Waals surface area contributed by atoms with Crippen molar-refractivity contribution in [1.82, 2.24) is 20.4 Å². The quantitative estimate of drug-likeness (QED) is 0.375. The molecule has 0 radical (unpaired) electrons. The molecule has 0 atom stereocenters. The Kier molecular flexibility index (Phi) is 6.54. The molecule has 3 aromatic rings. The van der Waals surface area contributed by atoms with Gasteiger partial charge in [0.1, 0.15) is 0 Å². The third-order valence-corrected chi connectivity index (χ3v) is 6.61. The monoisotopic (exact) mass is 448 g/mol. The van der Waals surface area contributed by atoms with Gasteiger partial charge in [-0.3, -0.25) is 4.18 Å². The van der Waals surface area contributed by atoms with Crippen LogP contribution in [-0.4, -0.2) is 50.1 Å². The van der Waals surface area contributed by atoms with E-state index in [1.54, 1.807) is 24.3 Å². The Labute approximate surface area is 175 Å². The average molecular weight is 449 g/mol. The van der Waals surface area contributed by atoms with Gasteiger partial charge in [-0.2, -0.15) is 8.42 Å². The fourth-order valence-electron chi connectivity index (χ4n) is 2.49. The highest BCUT2D eigenvalue weighted by Crippen LogP contribution is 2.17. The molecule has 3 rings (SSSR count). The van der Waals surface area contributed by atoms with Crippen molar-refractivity contribution >= 4 is 20.0 Å². The molecule has 0 bridgehead atoms. The lowest BCUT2D eigenvalue weighted by atomic mass is 10.2. The van der Waals surface area contributed by atoms with Crippen molar-refractivity contribution in [3.8, 4) is 11.4 Å². The lowest BCUT2D eigenvalue weighted by molar-refractivity contribution is 0.311. The highest BCUT2D eigenvalue weighted by atomic mass is 32.2. The van der Waals surface area contributed by atoms with Crippen LogP contribution in [0.25, 0.3) is 11.4 Å². The van der Waals surface area contributed by atoms with Crippen molar-refractivity contribution in [1.29, 1.82) is 0 Å².